The van der Waals surface area contributed by atoms with E-state index in [0.29, 0.717) is 16.0 Å². The molecule has 0 radical (unpaired) electrons. The molecule has 0 amide bonds. The summed E-state index contributed by atoms with van der Waals surface area (Å²) in [5, 5.41) is 2.68. The summed E-state index contributed by atoms with van der Waals surface area (Å²) in [7, 11) is 1.32. The second-order valence-electron chi connectivity index (χ2n) is 3.17. The Morgan fingerprint density at radius 2 is 2.27 bits per heavy atom. The van der Waals surface area contributed by atoms with Crippen molar-refractivity contribution in [2.24, 2.45) is 0 Å². The van der Waals surface area contributed by atoms with E-state index in [1.807, 2.05) is 5.38 Å². The van der Waals surface area contributed by atoms with E-state index < -0.39 is 5.97 Å². The van der Waals surface area contributed by atoms with Crippen LogP contribution in [0.3, 0.4) is 0 Å². The number of rotatable bonds is 1. The van der Waals surface area contributed by atoms with Gasteiger partial charge in [0.1, 0.15) is 4.88 Å². The quantitative estimate of drug-likeness (QED) is 0.748. The standard InChI is InChI=1S/C10H9NO3S/c1-5-3-6-4-15-8(10(13)14-2)7(6)11-9(5)12/h3-4H,1-2H3,(H,11,12). The summed E-state index contributed by atoms with van der Waals surface area (Å²) >= 11 is 1.27. The number of aromatic amines is 1. The fourth-order valence-electron chi connectivity index (χ4n) is 1.36. The van der Waals surface area contributed by atoms with E-state index in [1.165, 1.54) is 18.4 Å². The van der Waals surface area contributed by atoms with Crippen molar-refractivity contribution in [2.75, 3.05) is 7.11 Å². The maximum absolute atomic E-state index is 11.4. The molecule has 4 nitrogen and oxygen atoms in total. The number of methoxy groups -OCH3 is 1. The van der Waals surface area contributed by atoms with Gasteiger partial charge in [0.25, 0.3) is 5.56 Å². The molecule has 0 fully saturated rings. The van der Waals surface area contributed by atoms with Crippen molar-refractivity contribution >= 4 is 28.2 Å². The highest BCUT2D eigenvalue weighted by Crippen LogP contribution is 2.23. The molecule has 1 N–H and O–H groups in total. The molecule has 2 aromatic heterocycles. The molecule has 78 valence electrons. The van der Waals surface area contributed by atoms with Crippen LogP contribution in [0.5, 0.6) is 0 Å². The van der Waals surface area contributed by atoms with Gasteiger partial charge in [-0.05, 0) is 13.0 Å². The molecule has 0 spiro atoms. The summed E-state index contributed by atoms with van der Waals surface area (Å²) in [6.07, 6.45) is 0. The lowest BCUT2D eigenvalue weighted by Gasteiger charge is -1.97. The average Bonchev–Trinajstić information content (AvgIpc) is 2.61. The van der Waals surface area contributed by atoms with Gasteiger partial charge < -0.3 is 9.72 Å². The summed E-state index contributed by atoms with van der Waals surface area (Å²) in [4.78, 5) is 25.9. The predicted octanol–water partition coefficient (Wildman–Crippen LogP) is 1.68. The number of carbonyl (C=O) groups is 1. The fraction of sp³-hybridized carbons (Fsp3) is 0.200. The highest BCUT2D eigenvalue weighted by atomic mass is 32.1. The zero-order valence-electron chi connectivity index (χ0n) is 8.29. The molecule has 0 bridgehead atoms. The number of pyridine rings is 1. The summed E-state index contributed by atoms with van der Waals surface area (Å²) in [5.74, 6) is -0.422. The van der Waals surface area contributed by atoms with E-state index in [1.54, 1.807) is 13.0 Å². The zero-order valence-corrected chi connectivity index (χ0v) is 9.10. The van der Waals surface area contributed by atoms with E-state index in [4.69, 9.17) is 0 Å². The number of nitrogens with one attached hydrogen (secondary N) is 1. The van der Waals surface area contributed by atoms with Crippen molar-refractivity contribution in [1.82, 2.24) is 4.98 Å². The van der Waals surface area contributed by atoms with Crippen LogP contribution < -0.4 is 5.56 Å². The number of carbonyl (C=O) groups excluding carboxylic acids is 1. The maximum atomic E-state index is 11.4. The number of fused-ring (bicyclic) bond motifs is 1. The molecule has 15 heavy (non-hydrogen) atoms. The largest absolute Gasteiger partial charge is 0.465 e. The Morgan fingerprint density at radius 1 is 1.53 bits per heavy atom. The Kier molecular flexibility index (Phi) is 2.32. The minimum atomic E-state index is -0.422. The molecule has 0 saturated carbocycles. The molecule has 0 unspecified atom stereocenters. The molecule has 5 heteroatoms. The third kappa shape index (κ3) is 1.55. The molecule has 2 heterocycles. The van der Waals surface area contributed by atoms with Gasteiger partial charge in [-0.15, -0.1) is 11.3 Å². The highest BCUT2D eigenvalue weighted by Gasteiger charge is 2.14. The van der Waals surface area contributed by atoms with Crippen LogP contribution in [-0.2, 0) is 4.74 Å². The Balaban J connectivity index is 2.75. The molecule has 0 aromatic carbocycles. The number of aromatic nitrogens is 1. The minimum absolute atomic E-state index is 0.175. The van der Waals surface area contributed by atoms with Gasteiger partial charge in [0, 0.05) is 16.3 Å². The van der Waals surface area contributed by atoms with Crippen LogP contribution in [0.15, 0.2) is 16.2 Å². The first-order valence-electron chi connectivity index (χ1n) is 4.33. The number of thiophene rings is 1. The number of esters is 1. The van der Waals surface area contributed by atoms with Crippen LogP contribution in [0, 0.1) is 6.92 Å². The monoisotopic (exact) mass is 223 g/mol. The van der Waals surface area contributed by atoms with Crippen molar-refractivity contribution < 1.29 is 9.53 Å². The third-order valence-corrected chi connectivity index (χ3v) is 3.14. The topological polar surface area (TPSA) is 59.2 Å². The van der Waals surface area contributed by atoms with Crippen LogP contribution in [0.2, 0.25) is 0 Å². The molecule has 0 aliphatic heterocycles. The van der Waals surface area contributed by atoms with Gasteiger partial charge in [0.15, 0.2) is 0 Å². The fourth-order valence-corrected chi connectivity index (χ4v) is 2.26. The molecule has 2 aromatic rings. The van der Waals surface area contributed by atoms with Gasteiger partial charge in [-0.1, -0.05) is 0 Å². The maximum Gasteiger partial charge on any atom is 0.350 e. The Labute approximate surface area is 89.5 Å². The second-order valence-corrected chi connectivity index (χ2v) is 4.05. The van der Waals surface area contributed by atoms with Crippen LogP contribution in [0.1, 0.15) is 15.2 Å². The number of hydrogen-bond acceptors (Lipinski definition) is 4. The number of hydrogen-bond donors (Lipinski definition) is 1. The lowest BCUT2D eigenvalue weighted by Crippen LogP contribution is -2.09. The SMILES string of the molecule is COC(=O)c1scc2cc(C)c(=O)[nH]c12. The van der Waals surface area contributed by atoms with Crippen molar-refractivity contribution in [2.45, 2.75) is 6.92 Å². The third-order valence-electron chi connectivity index (χ3n) is 2.16. The zero-order chi connectivity index (χ0) is 11.0. The molecular weight excluding hydrogens is 214 g/mol. The number of H-pyrrole nitrogens is 1. The minimum Gasteiger partial charge on any atom is -0.465 e. The van der Waals surface area contributed by atoms with Crippen molar-refractivity contribution in [1.29, 1.82) is 0 Å². The summed E-state index contributed by atoms with van der Waals surface area (Å²) in [6.45, 7) is 1.73. The Morgan fingerprint density at radius 3 is 2.93 bits per heavy atom. The van der Waals surface area contributed by atoms with Gasteiger partial charge >= 0.3 is 5.97 Å². The van der Waals surface area contributed by atoms with Crippen molar-refractivity contribution in [3.8, 4) is 0 Å². The first kappa shape index (κ1) is 9.92. The lowest BCUT2D eigenvalue weighted by molar-refractivity contribution is 0.0608. The van der Waals surface area contributed by atoms with Crippen LogP contribution >= 0.6 is 11.3 Å². The average molecular weight is 223 g/mol. The summed E-state index contributed by atoms with van der Waals surface area (Å²) < 4.78 is 4.62. The lowest BCUT2D eigenvalue weighted by atomic mass is 10.2. The highest BCUT2D eigenvalue weighted by molar-refractivity contribution is 7.13. The van der Waals surface area contributed by atoms with E-state index in [0.717, 1.165) is 5.39 Å². The van der Waals surface area contributed by atoms with Gasteiger partial charge in [0.05, 0.1) is 12.6 Å². The Hall–Kier alpha value is -1.62. The van der Waals surface area contributed by atoms with Gasteiger partial charge in [-0.3, -0.25) is 4.79 Å². The second kappa shape index (κ2) is 3.51. The molecular formula is C10H9NO3S. The van der Waals surface area contributed by atoms with E-state index >= 15 is 0 Å². The van der Waals surface area contributed by atoms with E-state index in [-0.39, 0.29) is 5.56 Å². The summed E-state index contributed by atoms with van der Waals surface area (Å²) in [5.41, 5.74) is 1.02. The van der Waals surface area contributed by atoms with Crippen LogP contribution in [0.4, 0.5) is 0 Å². The van der Waals surface area contributed by atoms with Crippen LogP contribution in [0.25, 0.3) is 10.9 Å². The van der Waals surface area contributed by atoms with Gasteiger partial charge in [-0.25, -0.2) is 4.79 Å². The first-order chi connectivity index (χ1) is 7.13. The van der Waals surface area contributed by atoms with Crippen molar-refractivity contribution in [3.63, 3.8) is 0 Å². The van der Waals surface area contributed by atoms with Crippen LogP contribution in [-0.4, -0.2) is 18.1 Å². The molecule has 0 saturated heterocycles. The van der Waals surface area contributed by atoms with Gasteiger partial charge in [-0.2, -0.15) is 0 Å². The van der Waals surface area contributed by atoms with Crippen molar-refractivity contribution in [3.05, 3.63) is 32.2 Å². The molecule has 0 aliphatic rings. The number of aryl methyl sites for hydroxylation is 1. The normalized spacial score (nSPS) is 10.5. The molecule has 2 rings (SSSR count). The smallest absolute Gasteiger partial charge is 0.350 e. The molecule has 0 aliphatic carbocycles. The first-order valence-corrected chi connectivity index (χ1v) is 5.21. The van der Waals surface area contributed by atoms with Gasteiger partial charge in [0.2, 0.25) is 0 Å². The number of ether oxygens (including phenoxy) is 1. The van der Waals surface area contributed by atoms with E-state index in [9.17, 15) is 9.59 Å². The molecule has 0 atom stereocenters. The predicted molar refractivity (Wildman–Crippen MR) is 58.5 cm³/mol. The van der Waals surface area contributed by atoms with E-state index in [2.05, 4.69) is 9.72 Å². The summed E-state index contributed by atoms with van der Waals surface area (Å²) in [6, 6.07) is 1.76. The Bertz CT molecular complexity index is 582.